The molecule has 0 aromatic carbocycles. The van der Waals surface area contributed by atoms with Gasteiger partial charge in [-0.15, -0.1) is 0 Å². The molecule has 0 aromatic rings. The molecule has 0 saturated carbocycles. The first-order valence-corrected chi connectivity index (χ1v) is 9.68. The van der Waals surface area contributed by atoms with E-state index < -0.39 is 11.9 Å². The normalized spacial score (nSPS) is 14.7. The Morgan fingerprint density at radius 1 is 0.957 bits per heavy atom. The molecule has 0 bridgehead atoms. The summed E-state index contributed by atoms with van der Waals surface area (Å²) in [5.74, 6) is -1.36. The fraction of sp³-hybridized carbons (Fsp3) is 0.947. The lowest BCUT2D eigenvalue weighted by Gasteiger charge is -2.42. The van der Waals surface area contributed by atoms with E-state index in [0.29, 0.717) is 24.0 Å². The van der Waals surface area contributed by atoms with Crippen molar-refractivity contribution in [3.63, 3.8) is 0 Å². The number of carbonyl (C=O) groups excluding carboxylic acids is 1. The first-order valence-electron chi connectivity index (χ1n) is 9.68. The third kappa shape index (κ3) is 9.31. The summed E-state index contributed by atoms with van der Waals surface area (Å²) in [7, 11) is 0. The van der Waals surface area contributed by atoms with E-state index in [1.54, 1.807) is 0 Å². The lowest BCUT2D eigenvalue weighted by atomic mass is 10.0. The second-order valence-electron chi connectivity index (χ2n) is 7.08. The van der Waals surface area contributed by atoms with Crippen LogP contribution in [0.4, 0.5) is 0 Å². The SMILES string of the molecule is CCCCCCC(O)C[N+](CCC)(CCC)CC(CC)C(=O)[O-]. The standard InChI is InChI=1S/C19H39NO3/c1-5-9-10-11-12-18(21)16-20(13-6-2,14-7-3)15-17(8-4)19(22)23/h17-18,21H,5-16H2,1-4H3. The number of aliphatic hydroxyl groups is 1. The molecule has 0 aliphatic heterocycles. The Balaban J connectivity index is 4.84. The number of quaternary nitrogens is 1. The number of carboxylic acids is 1. The highest BCUT2D eigenvalue weighted by Gasteiger charge is 2.32. The number of hydrogen-bond acceptors (Lipinski definition) is 3. The Labute approximate surface area is 143 Å². The Morgan fingerprint density at radius 2 is 1.57 bits per heavy atom. The minimum Gasteiger partial charge on any atom is -0.550 e. The van der Waals surface area contributed by atoms with E-state index in [1.165, 1.54) is 19.3 Å². The number of hydrogen-bond donors (Lipinski definition) is 1. The molecule has 2 atom stereocenters. The van der Waals surface area contributed by atoms with Crippen LogP contribution in [0.1, 0.15) is 79.1 Å². The molecule has 4 heteroatoms. The summed E-state index contributed by atoms with van der Waals surface area (Å²) in [5, 5.41) is 21.8. The van der Waals surface area contributed by atoms with Crippen LogP contribution in [0.2, 0.25) is 0 Å². The molecule has 4 nitrogen and oxygen atoms in total. The highest BCUT2D eigenvalue weighted by Crippen LogP contribution is 2.19. The minimum atomic E-state index is -0.945. The molecule has 0 aromatic heterocycles. The first kappa shape index (κ1) is 22.4. The molecule has 138 valence electrons. The van der Waals surface area contributed by atoms with Gasteiger partial charge in [0.15, 0.2) is 0 Å². The maximum atomic E-state index is 11.4. The van der Waals surface area contributed by atoms with Crippen LogP contribution < -0.4 is 5.11 Å². The van der Waals surface area contributed by atoms with Crippen LogP contribution in [-0.2, 0) is 4.79 Å². The molecule has 0 amide bonds. The number of unbranched alkanes of at least 4 members (excludes halogenated alkanes) is 3. The van der Waals surface area contributed by atoms with Crippen molar-refractivity contribution < 1.29 is 19.5 Å². The molecule has 2 unspecified atom stereocenters. The van der Waals surface area contributed by atoms with Gasteiger partial charge in [0, 0.05) is 5.92 Å². The van der Waals surface area contributed by atoms with Gasteiger partial charge in [0.1, 0.15) is 12.6 Å². The summed E-state index contributed by atoms with van der Waals surface area (Å²) in [6.07, 6.45) is 7.77. The number of aliphatic carboxylic acids is 1. The van der Waals surface area contributed by atoms with Gasteiger partial charge in [0.25, 0.3) is 0 Å². The topological polar surface area (TPSA) is 60.4 Å². The summed E-state index contributed by atoms with van der Waals surface area (Å²) in [6, 6.07) is 0. The lowest BCUT2D eigenvalue weighted by molar-refractivity contribution is -0.933. The summed E-state index contributed by atoms with van der Waals surface area (Å²) in [6.45, 7) is 11.5. The monoisotopic (exact) mass is 329 g/mol. The predicted molar refractivity (Wildman–Crippen MR) is 93.9 cm³/mol. The van der Waals surface area contributed by atoms with Crippen molar-refractivity contribution >= 4 is 5.97 Å². The van der Waals surface area contributed by atoms with E-state index >= 15 is 0 Å². The molecule has 0 saturated heterocycles. The van der Waals surface area contributed by atoms with Crippen LogP contribution in [0.25, 0.3) is 0 Å². The maximum absolute atomic E-state index is 11.4. The van der Waals surface area contributed by atoms with Crippen molar-refractivity contribution in [2.75, 3.05) is 26.2 Å². The molecule has 0 radical (unpaired) electrons. The highest BCUT2D eigenvalue weighted by molar-refractivity contribution is 5.67. The van der Waals surface area contributed by atoms with Crippen LogP contribution in [0.15, 0.2) is 0 Å². The summed E-state index contributed by atoms with van der Waals surface area (Å²) >= 11 is 0. The second-order valence-corrected chi connectivity index (χ2v) is 7.08. The smallest absolute Gasteiger partial charge is 0.105 e. The van der Waals surface area contributed by atoms with Crippen molar-refractivity contribution in [2.45, 2.75) is 85.2 Å². The predicted octanol–water partition coefficient (Wildman–Crippen LogP) is 2.73. The van der Waals surface area contributed by atoms with Crippen LogP contribution in [-0.4, -0.2) is 47.8 Å². The molecule has 0 fully saturated rings. The van der Waals surface area contributed by atoms with E-state index in [0.717, 1.165) is 38.8 Å². The second kappa shape index (κ2) is 12.8. The number of carbonyl (C=O) groups is 1. The number of nitrogens with zero attached hydrogens (tertiary/aromatic N) is 1. The average Bonchev–Trinajstić information content (AvgIpc) is 2.49. The fourth-order valence-electron chi connectivity index (χ4n) is 3.68. The summed E-state index contributed by atoms with van der Waals surface area (Å²) in [5.41, 5.74) is 0. The quantitative estimate of drug-likeness (QED) is 0.371. The molecule has 0 heterocycles. The zero-order valence-corrected chi connectivity index (χ0v) is 15.9. The number of carboxylic acid groups (broad SMARTS) is 1. The Hall–Kier alpha value is -0.610. The van der Waals surface area contributed by atoms with Crippen molar-refractivity contribution in [1.29, 1.82) is 0 Å². The van der Waals surface area contributed by atoms with Crippen molar-refractivity contribution in [2.24, 2.45) is 5.92 Å². The largest absolute Gasteiger partial charge is 0.550 e. The number of rotatable bonds is 15. The van der Waals surface area contributed by atoms with Gasteiger partial charge in [-0.25, -0.2) is 0 Å². The average molecular weight is 330 g/mol. The first-order chi connectivity index (χ1) is 10.9. The Morgan fingerprint density at radius 3 is 2.00 bits per heavy atom. The van der Waals surface area contributed by atoms with Gasteiger partial charge in [-0.05, 0) is 25.7 Å². The van der Waals surface area contributed by atoms with E-state index in [4.69, 9.17) is 0 Å². The van der Waals surface area contributed by atoms with Crippen molar-refractivity contribution in [3.8, 4) is 0 Å². The van der Waals surface area contributed by atoms with E-state index in [1.807, 2.05) is 6.92 Å². The van der Waals surface area contributed by atoms with E-state index in [2.05, 4.69) is 20.8 Å². The molecular formula is C19H39NO3. The zero-order valence-electron chi connectivity index (χ0n) is 15.9. The van der Waals surface area contributed by atoms with Crippen molar-refractivity contribution in [3.05, 3.63) is 0 Å². The van der Waals surface area contributed by atoms with Gasteiger partial charge < -0.3 is 19.5 Å². The zero-order chi connectivity index (χ0) is 17.7. The third-order valence-corrected chi connectivity index (χ3v) is 4.82. The molecular weight excluding hydrogens is 290 g/mol. The van der Waals surface area contributed by atoms with Crippen molar-refractivity contribution in [1.82, 2.24) is 0 Å². The third-order valence-electron chi connectivity index (χ3n) is 4.82. The van der Waals surface area contributed by atoms with E-state index in [9.17, 15) is 15.0 Å². The lowest BCUT2D eigenvalue weighted by Crippen LogP contribution is -2.57. The molecule has 0 aliphatic carbocycles. The van der Waals surface area contributed by atoms with Crippen LogP contribution >= 0.6 is 0 Å². The van der Waals surface area contributed by atoms with Gasteiger partial charge >= 0.3 is 0 Å². The molecule has 0 aliphatic rings. The number of aliphatic hydroxyl groups excluding tert-OH is 1. The molecule has 0 spiro atoms. The fourth-order valence-corrected chi connectivity index (χ4v) is 3.68. The van der Waals surface area contributed by atoms with Crippen LogP contribution in [0.3, 0.4) is 0 Å². The Bertz CT molecular complexity index is 301. The van der Waals surface area contributed by atoms with Crippen LogP contribution in [0.5, 0.6) is 0 Å². The highest BCUT2D eigenvalue weighted by atomic mass is 16.4. The minimum absolute atomic E-state index is 0.329. The molecule has 23 heavy (non-hydrogen) atoms. The van der Waals surface area contributed by atoms with Gasteiger partial charge in [0.05, 0.1) is 25.6 Å². The molecule has 1 N–H and O–H groups in total. The van der Waals surface area contributed by atoms with Gasteiger partial charge in [-0.3, -0.25) is 0 Å². The van der Waals surface area contributed by atoms with Gasteiger partial charge in [-0.2, -0.15) is 0 Å². The Kier molecular flexibility index (Phi) is 12.4. The van der Waals surface area contributed by atoms with Crippen LogP contribution in [0, 0.1) is 5.92 Å². The van der Waals surface area contributed by atoms with Gasteiger partial charge in [0.2, 0.25) is 0 Å². The summed E-state index contributed by atoms with van der Waals surface area (Å²) < 4.78 is 0.717. The maximum Gasteiger partial charge on any atom is 0.105 e. The molecule has 0 rings (SSSR count). The summed E-state index contributed by atoms with van der Waals surface area (Å²) in [4.78, 5) is 11.4. The van der Waals surface area contributed by atoms with Gasteiger partial charge in [-0.1, -0.05) is 53.4 Å². The van der Waals surface area contributed by atoms with E-state index in [-0.39, 0.29) is 6.10 Å².